The average molecular weight is 530 g/mol. The molecule has 4 rings (SSSR count). The molecule has 4 N–H and O–H groups in total. The fourth-order valence-corrected chi connectivity index (χ4v) is 4.92. The van der Waals surface area contributed by atoms with Crippen LogP contribution in [0.2, 0.25) is 5.02 Å². The van der Waals surface area contributed by atoms with Crippen LogP contribution in [0.3, 0.4) is 0 Å². The fourth-order valence-electron chi connectivity index (χ4n) is 3.73. The number of hydrogen-bond acceptors (Lipinski definition) is 6. The summed E-state index contributed by atoms with van der Waals surface area (Å²) in [7, 11) is -2.64. The first-order valence-corrected chi connectivity index (χ1v) is 12.6. The monoisotopic (exact) mass is 529 g/mol. The van der Waals surface area contributed by atoms with Crippen LogP contribution in [0.5, 0.6) is 0 Å². The maximum absolute atomic E-state index is 14.9. The highest BCUT2D eigenvalue weighted by Crippen LogP contribution is 2.27. The number of anilines is 2. The standard InChI is InChI=1S/C24H21ClFN5O4S/c1-3-31-22(27)20(24(33)28-2)21(32)16-9-11-18(29-23(16)31)13-4-10-19(17(26)12-13)30-36(34,35)15-7-5-14(25)6-8-15/h4-12,30H,3,27H2,1-2H3,(H,28,33). The number of fused-ring (bicyclic) bond motifs is 1. The molecule has 0 bridgehead atoms. The number of benzene rings is 2. The SMILES string of the molecule is CCn1c(N)c(C(=O)NC)c(=O)c2ccc(-c3ccc(NS(=O)(=O)c4ccc(Cl)cc4)c(F)c3)nc21. The Morgan fingerprint density at radius 1 is 1.14 bits per heavy atom. The number of halogens is 2. The first-order valence-electron chi connectivity index (χ1n) is 10.7. The van der Waals surface area contributed by atoms with Gasteiger partial charge in [-0.2, -0.15) is 0 Å². The van der Waals surface area contributed by atoms with Crippen LogP contribution >= 0.6 is 11.6 Å². The minimum Gasteiger partial charge on any atom is -0.384 e. The average Bonchev–Trinajstić information content (AvgIpc) is 2.85. The number of hydrogen-bond donors (Lipinski definition) is 3. The summed E-state index contributed by atoms with van der Waals surface area (Å²) in [5.74, 6) is -1.46. The Balaban J connectivity index is 1.75. The molecule has 0 aliphatic carbocycles. The summed E-state index contributed by atoms with van der Waals surface area (Å²) in [5.41, 5.74) is 6.02. The molecule has 0 fully saturated rings. The number of pyridine rings is 2. The number of carbonyl (C=O) groups is 1. The van der Waals surface area contributed by atoms with Crippen molar-refractivity contribution < 1.29 is 17.6 Å². The number of sulfonamides is 1. The van der Waals surface area contributed by atoms with E-state index >= 15 is 0 Å². The molecule has 0 saturated carbocycles. The Labute approximate surface area is 210 Å². The van der Waals surface area contributed by atoms with E-state index in [2.05, 4.69) is 15.0 Å². The number of nitrogen functional groups attached to an aromatic ring is 1. The second-order valence-corrected chi connectivity index (χ2v) is 9.85. The highest BCUT2D eigenvalue weighted by molar-refractivity contribution is 7.92. The topological polar surface area (TPSA) is 136 Å². The normalized spacial score (nSPS) is 11.4. The lowest BCUT2D eigenvalue weighted by molar-refractivity contribution is 0.0962. The number of rotatable bonds is 6. The number of nitrogens with one attached hydrogen (secondary N) is 2. The van der Waals surface area contributed by atoms with Crippen LogP contribution in [0, 0.1) is 5.82 Å². The predicted octanol–water partition coefficient (Wildman–Crippen LogP) is 3.62. The molecule has 0 unspecified atom stereocenters. The third-order valence-corrected chi connectivity index (χ3v) is 7.19. The zero-order valence-corrected chi connectivity index (χ0v) is 20.7. The van der Waals surface area contributed by atoms with E-state index in [1.54, 1.807) is 6.92 Å². The van der Waals surface area contributed by atoms with Gasteiger partial charge in [0.05, 0.1) is 21.7 Å². The van der Waals surface area contributed by atoms with Crippen LogP contribution in [-0.4, -0.2) is 30.9 Å². The van der Waals surface area contributed by atoms with E-state index in [0.717, 1.165) is 6.07 Å². The summed E-state index contributed by atoms with van der Waals surface area (Å²) in [5, 5.41) is 2.96. The van der Waals surface area contributed by atoms with Crippen molar-refractivity contribution in [3.8, 4) is 11.3 Å². The van der Waals surface area contributed by atoms with Crippen molar-refractivity contribution >= 4 is 50.1 Å². The fraction of sp³-hybridized carbons (Fsp3) is 0.125. The van der Waals surface area contributed by atoms with Crippen molar-refractivity contribution in [1.82, 2.24) is 14.9 Å². The summed E-state index contributed by atoms with van der Waals surface area (Å²) in [4.78, 5) is 29.5. The van der Waals surface area contributed by atoms with Gasteiger partial charge in [-0.3, -0.25) is 14.3 Å². The second-order valence-electron chi connectivity index (χ2n) is 7.73. The molecule has 2 aromatic heterocycles. The van der Waals surface area contributed by atoms with Gasteiger partial charge in [-0.05, 0) is 55.5 Å². The largest absolute Gasteiger partial charge is 0.384 e. The van der Waals surface area contributed by atoms with Crippen LogP contribution < -0.4 is 21.2 Å². The van der Waals surface area contributed by atoms with E-state index in [-0.39, 0.29) is 33.0 Å². The van der Waals surface area contributed by atoms with Crippen LogP contribution in [0.4, 0.5) is 15.9 Å². The molecule has 0 spiro atoms. The molecule has 0 aliphatic heterocycles. The zero-order chi connectivity index (χ0) is 26.2. The van der Waals surface area contributed by atoms with Gasteiger partial charge in [0.15, 0.2) is 0 Å². The highest BCUT2D eigenvalue weighted by Gasteiger charge is 2.21. The first-order chi connectivity index (χ1) is 17.1. The van der Waals surface area contributed by atoms with Crippen LogP contribution in [0.1, 0.15) is 17.3 Å². The Hall–Kier alpha value is -3.96. The van der Waals surface area contributed by atoms with Gasteiger partial charge in [0, 0.05) is 24.2 Å². The van der Waals surface area contributed by atoms with Gasteiger partial charge >= 0.3 is 0 Å². The van der Waals surface area contributed by atoms with Gasteiger partial charge in [-0.25, -0.2) is 17.8 Å². The van der Waals surface area contributed by atoms with E-state index in [1.807, 2.05) is 0 Å². The van der Waals surface area contributed by atoms with Crippen molar-refractivity contribution in [2.75, 3.05) is 17.5 Å². The quantitative estimate of drug-likeness (QED) is 0.349. The lowest BCUT2D eigenvalue weighted by Gasteiger charge is -2.16. The van der Waals surface area contributed by atoms with Gasteiger partial charge < -0.3 is 15.6 Å². The third-order valence-electron chi connectivity index (χ3n) is 5.55. The predicted molar refractivity (Wildman–Crippen MR) is 137 cm³/mol. The molecule has 186 valence electrons. The molecule has 0 saturated heterocycles. The summed E-state index contributed by atoms with van der Waals surface area (Å²) < 4.78 is 43.8. The Bertz CT molecular complexity index is 1670. The van der Waals surface area contributed by atoms with Crippen LogP contribution in [0.15, 0.2) is 64.3 Å². The minimum atomic E-state index is -4.04. The molecular formula is C24H21ClFN5O4S. The zero-order valence-electron chi connectivity index (χ0n) is 19.2. The van der Waals surface area contributed by atoms with Gasteiger partial charge in [0.2, 0.25) is 5.43 Å². The van der Waals surface area contributed by atoms with E-state index < -0.39 is 27.2 Å². The second kappa shape index (κ2) is 9.59. The first kappa shape index (κ1) is 25.1. The molecule has 9 nitrogen and oxygen atoms in total. The molecule has 2 aromatic carbocycles. The summed E-state index contributed by atoms with van der Waals surface area (Å²) in [6, 6.07) is 12.4. The Morgan fingerprint density at radius 2 is 1.83 bits per heavy atom. The minimum absolute atomic E-state index is 0.0304. The lowest BCUT2D eigenvalue weighted by atomic mass is 10.1. The molecule has 12 heteroatoms. The molecule has 0 aliphatic rings. The molecule has 4 aromatic rings. The van der Waals surface area contributed by atoms with Crippen LogP contribution in [0.25, 0.3) is 22.3 Å². The van der Waals surface area contributed by atoms with E-state index in [0.29, 0.717) is 22.8 Å². The van der Waals surface area contributed by atoms with E-state index in [4.69, 9.17) is 17.3 Å². The lowest BCUT2D eigenvalue weighted by Crippen LogP contribution is -2.30. The third kappa shape index (κ3) is 4.50. The molecule has 0 atom stereocenters. The molecule has 2 heterocycles. The Kier molecular flexibility index (Phi) is 6.70. The number of aromatic nitrogens is 2. The summed E-state index contributed by atoms with van der Waals surface area (Å²) in [6.07, 6.45) is 0. The van der Waals surface area contributed by atoms with E-state index in [1.165, 1.54) is 60.1 Å². The van der Waals surface area contributed by atoms with Gasteiger partial charge in [0.1, 0.15) is 22.8 Å². The molecule has 1 amide bonds. The maximum atomic E-state index is 14.9. The molecule has 36 heavy (non-hydrogen) atoms. The number of nitrogens with two attached hydrogens (primary N) is 1. The van der Waals surface area contributed by atoms with Gasteiger partial charge in [0.25, 0.3) is 15.9 Å². The number of carbonyl (C=O) groups excluding carboxylic acids is 1. The number of amides is 1. The Morgan fingerprint density at radius 3 is 2.44 bits per heavy atom. The maximum Gasteiger partial charge on any atom is 0.261 e. The number of aryl methyl sites for hydroxylation is 1. The number of nitrogens with zero attached hydrogens (tertiary/aromatic N) is 2. The molecule has 0 radical (unpaired) electrons. The van der Waals surface area contributed by atoms with Crippen molar-refractivity contribution in [3.05, 3.63) is 81.2 Å². The van der Waals surface area contributed by atoms with Crippen molar-refractivity contribution in [2.24, 2.45) is 0 Å². The van der Waals surface area contributed by atoms with Crippen molar-refractivity contribution in [3.63, 3.8) is 0 Å². The highest BCUT2D eigenvalue weighted by atomic mass is 35.5. The summed E-state index contributed by atoms with van der Waals surface area (Å²) >= 11 is 5.80. The van der Waals surface area contributed by atoms with Crippen LogP contribution in [-0.2, 0) is 16.6 Å². The van der Waals surface area contributed by atoms with Crippen molar-refractivity contribution in [1.29, 1.82) is 0 Å². The van der Waals surface area contributed by atoms with Gasteiger partial charge in [-0.1, -0.05) is 17.7 Å². The van der Waals surface area contributed by atoms with E-state index in [9.17, 15) is 22.4 Å². The van der Waals surface area contributed by atoms with Gasteiger partial charge in [-0.15, -0.1) is 0 Å². The summed E-state index contributed by atoms with van der Waals surface area (Å²) in [6.45, 7) is 2.10. The molecular weight excluding hydrogens is 509 g/mol. The van der Waals surface area contributed by atoms with Crippen molar-refractivity contribution in [2.45, 2.75) is 18.4 Å². The smallest absolute Gasteiger partial charge is 0.261 e.